The Balaban J connectivity index is 1.68. The molecule has 1 N–H and O–H groups in total. The zero-order valence-corrected chi connectivity index (χ0v) is 12.0. The van der Waals surface area contributed by atoms with Crippen LogP contribution in [0.25, 0.3) is 0 Å². The molecule has 2 aliphatic heterocycles. The molecule has 1 unspecified atom stereocenters. The molecule has 2 saturated heterocycles. The van der Waals surface area contributed by atoms with Crippen molar-refractivity contribution >= 4 is 11.6 Å². The van der Waals surface area contributed by atoms with E-state index in [9.17, 15) is 14.3 Å². The molecular formula is C16H21FN2O2. The number of aliphatic hydroxyl groups is 1. The van der Waals surface area contributed by atoms with Crippen molar-refractivity contribution in [2.75, 3.05) is 31.1 Å². The summed E-state index contributed by atoms with van der Waals surface area (Å²) in [7, 11) is 0. The monoisotopic (exact) mass is 292 g/mol. The second-order valence-electron chi connectivity index (χ2n) is 5.91. The molecule has 0 aliphatic carbocycles. The summed E-state index contributed by atoms with van der Waals surface area (Å²) in [5.41, 5.74) is 0.384. The summed E-state index contributed by atoms with van der Waals surface area (Å²) in [6, 6.07) is 6.31. The van der Waals surface area contributed by atoms with Crippen LogP contribution in [-0.4, -0.2) is 48.2 Å². The molecule has 4 nitrogen and oxygen atoms in total. The maximum Gasteiger partial charge on any atom is 0.244 e. The molecule has 0 spiro atoms. The Bertz CT molecular complexity index is 515. The first-order valence-corrected chi connectivity index (χ1v) is 7.61. The molecular weight excluding hydrogens is 271 g/mol. The molecule has 1 atom stereocenters. The van der Waals surface area contributed by atoms with E-state index in [0.29, 0.717) is 18.2 Å². The van der Waals surface area contributed by atoms with E-state index in [4.69, 9.17) is 0 Å². The number of anilines is 1. The van der Waals surface area contributed by atoms with Crippen molar-refractivity contribution in [1.82, 2.24) is 4.90 Å². The van der Waals surface area contributed by atoms with Crippen LogP contribution in [0.15, 0.2) is 24.3 Å². The van der Waals surface area contributed by atoms with Gasteiger partial charge in [-0.25, -0.2) is 4.39 Å². The number of hydrogen-bond donors (Lipinski definition) is 1. The minimum Gasteiger partial charge on any atom is -0.396 e. The highest BCUT2D eigenvalue weighted by Crippen LogP contribution is 2.28. The lowest BCUT2D eigenvalue weighted by Gasteiger charge is -2.34. The molecule has 0 saturated carbocycles. The van der Waals surface area contributed by atoms with Crippen LogP contribution in [0.4, 0.5) is 10.1 Å². The van der Waals surface area contributed by atoms with Gasteiger partial charge in [-0.2, -0.15) is 0 Å². The Hall–Kier alpha value is -1.46. The number of rotatable bonds is 3. The number of likely N-dealkylation sites (tertiary alicyclic amines) is 1. The zero-order valence-electron chi connectivity index (χ0n) is 12.0. The van der Waals surface area contributed by atoms with Crippen LogP contribution in [0.3, 0.4) is 0 Å². The van der Waals surface area contributed by atoms with Gasteiger partial charge in [-0.15, -0.1) is 0 Å². The number of aliphatic hydroxyl groups excluding tert-OH is 1. The van der Waals surface area contributed by atoms with Gasteiger partial charge >= 0.3 is 0 Å². The third kappa shape index (κ3) is 2.80. The highest BCUT2D eigenvalue weighted by molar-refractivity contribution is 5.99. The standard InChI is InChI=1S/C16H21FN2O2/c17-13-3-1-2-4-14(13)19-10-7-15(16(19)21)18-8-5-12(11-20)6-9-18/h1-4,12,15,20H,5-11H2. The number of carbonyl (C=O) groups is 1. The Kier molecular flexibility index (Phi) is 4.22. The van der Waals surface area contributed by atoms with Gasteiger partial charge < -0.3 is 10.0 Å². The molecule has 114 valence electrons. The van der Waals surface area contributed by atoms with Gasteiger partial charge in [-0.1, -0.05) is 12.1 Å². The van der Waals surface area contributed by atoms with E-state index in [2.05, 4.69) is 4.90 Å². The van der Waals surface area contributed by atoms with E-state index in [0.717, 1.165) is 32.4 Å². The van der Waals surface area contributed by atoms with Crippen molar-refractivity contribution in [2.24, 2.45) is 5.92 Å². The van der Waals surface area contributed by atoms with Crippen LogP contribution in [0.2, 0.25) is 0 Å². The quantitative estimate of drug-likeness (QED) is 0.921. The van der Waals surface area contributed by atoms with Crippen molar-refractivity contribution in [2.45, 2.75) is 25.3 Å². The Morgan fingerprint density at radius 3 is 2.52 bits per heavy atom. The van der Waals surface area contributed by atoms with E-state index in [-0.39, 0.29) is 24.4 Å². The minimum absolute atomic E-state index is 0.00236. The highest BCUT2D eigenvalue weighted by atomic mass is 19.1. The molecule has 2 heterocycles. The van der Waals surface area contributed by atoms with E-state index < -0.39 is 0 Å². The second kappa shape index (κ2) is 6.12. The predicted octanol–water partition coefficient (Wildman–Crippen LogP) is 1.64. The van der Waals surface area contributed by atoms with Crippen LogP contribution in [-0.2, 0) is 4.79 Å². The molecule has 2 fully saturated rings. The summed E-state index contributed by atoms with van der Waals surface area (Å²) in [5, 5.41) is 9.18. The molecule has 3 rings (SSSR count). The van der Waals surface area contributed by atoms with Crippen LogP contribution < -0.4 is 4.90 Å². The third-order valence-electron chi connectivity index (χ3n) is 4.67. The molecule has 1 aromatic carbocycles. The molecule has 0 bridgehead atoms. The van der Waals surface area contributed by atoms with Crippen molar-refractivity contribution in [3.8, 4) is 0 Å². The van der Waals surface area contributed by atoms with Crippen LogP contribution in [0.1, 0.15) is 19.3 Å². The van der Waals surface area contributed by atoms with Gasteiger partial charge in [0, 0.05) is 13.2 Å². The largest absolute Gasteiger partial charge is 0.396 e. The lowest BCUT2D eigenvalue weighted by molar-refractivity contribution is -0.122. The lowest BCUT2D eigenvalue weighted by atomic mass is 9.96. The summed E-state index contributed by atoms with van der Waals surface area (Å²) in [6.45, 7) is 2.48. The van der Waals surface area contributed by atoms with Crippen LogP contribution in [0.5, 0.6) is 0 Å². The first-order valence-electron chi connectivity index (χ1n) is 7.61. The normalized spacial score (nSPS) is 24.8. The van der Waals surface area contributed by atoms with Crippen LogP contribution >= 0.6 is 0 Å². The van der Waals surface area contributed by atoms with Gasteiger partial charge in [0.15, 0.2) is 0 Å². The fourth-order valence-electron chi connectivity index (χ4n) is 3.36. The average molecular weight is 292 g/mol. The Morgan fingerprint density at radius 1 is 1.14 bits per heavy atom. The maximum atomic E-state index is 13.8. The lowest BCUT2D eigenvalue weighted by Crippen LogP contribution is -2.46. The van der Waals surface area contributed by atoms with Gasteiger partial charge in [-0.3, -0.25) is 9.69 Å². The number of carbonyl (C=O) groups excluding carboxylic acids is 1. The van der Waals surface area contributed by atoms with E-state index >= 15 is 0 Å². The number of nitrogens with zero attached hydrogens (tertiary/aromatic N) is 2. The molecule has 0 aromatic heterocycles. The average Bonchev–Trinajstić information content (AvgIpc) is 2.89. The highest BCUT2D eigenvalue weighted by Gasteiger charge is 2.38. The smallest absolute Gasteiger partial charge is 0.244 e. The van der Waals surface area contributed by atoms with Gasteiger partial charge in [-0.05, 0) is 50.4 Å². The Labute approximate surface area is 124 Å². The first kappa shape index (κ1) is 14.5. The maximum absolute atomic E-state index is 13.8. The predicted molar refractivity (Wildman–Crippen MR) is 78.5 cm³/mol. The molecule has 2 aliphatic rings. The van der Waals surface area contributed by atoms with Crippen molar-refractivity contribution in [3.05, 3.63) is 30.1 Å². The number of piperidine rings is 1. The number of amides is 1. The number of halogens is 1. The van der Waals surface area contributed by atoms with Crippen molar-refractivity contribution in [3.63, 3.8) is 0 Å². The Morgan fingerprint density at radius 2 is 1.86 bits per heavy atom. The SMILES string of the molecule is O=C1C(N2CCC(CO)CC2)CCN1c1ccccc1F. The second-order valence-corrected chi connectivity index (χ2v) is 5.91. The fraction of sp³-hybridized carbons (Fsp3) is 0.562. The third-order valence-corrected chi connectivity index (χ3v) is 4.67. The topological polar surface area (TPSA) is 43.8 Å². The molecule has 0 radical (unpaired) electrons. The van der Waals surface area contributed by atoms with Crippen molar-refractivity contribution < 1.29 is 14.3 Å². The molecule has 21 heavy (non-hydrogen) atoms. The summed E-state index contributed by atoms with van der Waals surface area (Å²) < 4.78 is 13.8. The van der Waals surface area contributed by atoms with Crippen molar-refractivity contribution in [1.29, 1.82) is 0 Å². The number of benzene rings is 1. The zero-order chi connectivity index (χ0) is 14.8. The van der Waals surface area contributed by atoms with E-state index in [1.54, 1.807) is 23.1 Å². The van der Waals surface area contributed by atoms with Gasteiger partial charge in [0.1, 0.15) is 5.82 Å². The van der Waals surface area contributed by atoms with Gasteiger partial charge in [0.2, 0.25) is 5.91 Å². The fourth-order valence-corrected chi connectivity index (χ4v) is 3.36. The number of hydrogen-bond acceptors (Lipinski definition) is 3. The van der Waals surface area contributed by atoms with E-state index in [1.165, 1.54) is 6.07 Å². The van der Waals surface area contributed by atoms with Crippen LogP contribution in [0, 0.1) is 11.7 Å². The summed E-state index contributed by atoms with van der Waals surface area (Å²) in [4.78, 5) is 16.3. The first-order chi connectivity index (χ1) is 10.2. The summed E-state index contributed by atoms with van der Waals surface area (Å²) in [5.74, 6) is 0.0217. The molecule has 1 aromatic rings. The van der Waals surface area contributed by atoms with E-state index in [1.807, 2.05) is 0 Å². The summed E-state index contributed by atoms with van der Waals surface area (Å²) >= 11 is 0. The molecule has 1 amide bonds. The van der Waals surface area contributed by atoms with Gasteiger partial charge in [0.25, 0.3) is 0 Å². The summed E-state index contributed by atoms with van der Waals surface area (Å²) in [6.07, 6.45) is 2.61. The molecule has 5 heteroatoms. The number of para-hydroxylation sites is 1. The minimum atomic E-state index is -0.342. The van der Waals surface area contributed by atoms with Gasteiger partial charge in [0.05, 0.1) is 11.7 Å².